The average molecular weight is 304 g/mol. The number of benzene rings is 2. The SMILES string of the molecule is CC(CNc1cccc(S(C)(=O)=O)c1N)c1ccccc1. The first-order chi connectivity index (χ1) is 9.89. The molecule has 0 bridgehead atoms. The third kappa shape index (κ3) is 3.76. The highest BCUT2D eigenvalue weighted by Gasteiger charge is 2.14. The zero-order chi connectivity index (χ0) is 15.5. The summed E-state index contributed by atoms with van der Waals surface area (Å²) in [5.74, 6) is 0.299. The Labute approximate surface area is 125 Å². The standard InChI is InChI=1S/C16H20N2O2S/c1-12(13-7-4-3-5-8-13)11-18-14-9-6-10-15(16(14)17)21(2,19)20/h3-10,12,18H,11,17H2,1-2H3. The van der Waals surface area contributed by atoms with Crippen molar-refractivity contribution in [3.8, 4) is 0 Å². The fourth-order valence-electron chi connectivity index (χ4n) is 2.18. The van der Waals surface area contributed by atoms with E-state index in [1.807, 2.05) is 18.2 Å². The van der Waals surface area contributed by atoms with E-state index in [1.54, 1.807) is 12.1 Å². The highest BCUT2D eigenvalue weighted by Crippen LogP contribution is 2.27. The van der Waals surface area contributed by atoms with Gasteiger partial charge in [-0.2, -0.15) is 0 Å². The maximum Gasteiger partial charge on any atom is 0.177 e. The van der Waals surface area contributed by atoms with Crippen molar-refractivity contribution < 1.29 is 8.42 Å². The summed E-state index contributed by atoms with van der Waals surface area (Å²) in [7, 11) is -3.31. The van der Waals surface area contributed by atoms with Crippen LogP contribution in [0.5, 0.6) is 0 Å². The molecule has 0 aliphatic heterocycles. The molecule has 0 saturated heterocycles. The molecule has 1 atom stereocenters. The van der Waals surface area contributed by atoms with Gasteiger partial charge in [0.15, 0.2) is 9.84 Å². The van der Waals surface area contributed by atoms with Crippen molar-refractivity contribution >= 4 is 21.2 Å². The van der Waals surface area contributed by atoms with E-state index in [1.165, 1.54) is 11.6 Å². The van der Waals surface area contributed by atoms with Gasteiger partial charge in [-0.25, -0.2) is 8.42 Å². The summed E-state index contributed by atoms with van der Waals surface area (Å²) >= 11 is 0. The van der Waals surface area contributed by atoms with Crippen molar-refractivity contribution in [2.24, 2.45) is 0 Å². The second kappa shape index (κ2) is 6.18. The minimum Gasteiger partial charge on any atom is -0.396 e. The van der Waals surface area contributed by atoms with Gasteiger partial charge in [0.05, 0.1) is 16.3 Å². The van der Waals surface area contributed by atoms with Crippen LogP contribution in [0.1, 0.15) is 18.4 Å². The van der Waals surface area contributed by atoms with E-state index in [-0.39, 0.29) is 10.6 Å². The van der Waals surface area contributed by atoms with Gasteiger partial charge in [-0.3, -0.25) is 0 Å². The number of anilines is 2. The third-order valence-electron chi connectivity index (χ3n) is 3.43. The fraction of sp³-hybridized carbons (Fsp3) is 0.250. The van der Waals surface area contributed by atoms with Gasteiger partial charge in [-0.15, -0.1) is 0 Å². The van der Waals surface area contributed by atoms with E-state index in [2.05, 4.69) is 24.4 Å². The first-order valence-electron chi connectivity index (χ1n) is 6.77. The Bertz CT molecular complexity index is 712. The molecule has 2 aromatic carbocycles. The summed E-state index contributed by atoms with van der Waals surface area (Å²) < 4.78 is 23.3. The molecule has 0 spiro atoms. The zero-order valence-corrected chi connectivity index (χ0v) is 13.0. The summed E-state index contributed by atoms with van der Waals surface area (Å²) in [6, 6.07) is 15.2. The Kier molecular flexibility index (Phi) is 4.53. The predicted molar refractivity (Wildman–Crippen MR) is 87.3 cm³/mol. The summed E-state index contributed by atoms with van der Waals surface area (Å²) in [5, 5.41) is 3.23. The maximum absolute atomic E-state index is 11.7. The van der Waals surface area contributed by atoms with Crippen molar-refractivity contribution in [3.63, 3.8) is 0 Å². The van der Waals surface area contributed by atoms with Crippen molar-refractivity contribution in [2.75, 3.05) is 23.9 Å². The van der Waals surface area contributed by atoms with E-state index in [0.717, 1.165) is 6.26 Å². The maximum atomic E-state index is 11.7. The quantitative estimate of drug-likeness (QED) is 0.833. The zero-order valence-electron chi connectivity index (χ0n) is 12.2. The Morgan fingerprint density at radius 1 is 1.10 bits per heavy atom. The van der Waals surface area contributed by atoms with E-state index < -0.39 is 9.84 Å². The molecule has 1 unspecified atom stereocenters. The molecule has 3 N–H and O–H groups in total. The van der Waals surface area contributed by atoms with Gasteiger partial charge in [0, 0.05) is 12.8 Å². The molecule has 5 heteroatoms. The summed E-state index contributed by atoms with van der Waals surface area (Å²) in [6.45, 7) is 2.79. The minimum absolute atomic E-state index is 0.167. The monoisotopic (exact) mass is 304 g/mol. The summed E-state index contributed by atoms with van der Waals surface area (Å²) in [4.78, 5) is 0.167. The topological polar surface area (TPSA) is 72.2 Å². The lowest BCUT2D eigenvalue weighted by Crippen LogP contribution is -2.12. The number of nitrogens with two attached hydrogens (primary N) is 1. The molecule has 0 aliphatic carbocycles. The molecule has 21 heavy (non-hydrogen) atoms. The predicted octanol–water partition coefficient (Wildman–Crippen LogP) is 2.89. The number of rotatable bonds is 5. The lowest BCUT2D eigenvalue weighted by molar-refractivity contribution is 0.602. The molecule has 0 amide bonds. The van der Waals surface area contributed by atoms with Crippen molar-refractivity contribution in [2.45, 2.75) is 17.7 Å². The van der Waals surface area contributed by atoms with Gasteiger partial charge in [-0.05, 0) is 23.6 Å². The first-order valence-corrected chi connectivity index (χ1v) is 8.66. The van der Waals surface area contributed by atoms with Crippen molar-refractivity contribution in [1.82, 2.24) is 0 Å². The van der Waals surface area contributed by atoms with Gasteiger partial charge in [-0.1, -0.05) is 43.3 Å². The number of hydrogen-bond donors (Lipinski definition) is 2. The van der Waals surface area contributed by atoms with Crippen LogP contribution >= 0.6 is 0 Å². The van der Waals surface area contributed by atoms with Crippen LogP contribution in [0.25, 0.3) is 0 Å². The number of sulfone groups is 1. The molecule has 112 valence electrons. The molecule has 2 aromatic rings. The van der Waals surface area contributed by atoms with Crippen LogP contribution in [0.4, 0.5) is 11.4 Å². The van der Waals surface area contributed by atoms with Crippen molar-refractivity contribution in [3.05, 3.63) is 54.1 Å². The van der Waals surface area contributed by atoms with Crippen LogP contribution in [-0.4, -0.2) is 21.2 Å². The average Bonchev–Trinajstić information content (AvgIpc) is 2.45. The van der Waals surface area contributed by atoms with Gasteiger partial charge in [0.1, 0.15) is 0 Å². The third-order valence-corrected chi connectivity index (χ3v) is 4.59. The molecule has 2 rings (SSSR count). The second-order valence-electron chi connectivity index (χ2n) is 5.18. The Balaban J connectivity index is 2.14. The van der Waals surface area contributed by atoms with Crippen LogP contribution in [0.2, 0.25) is 0 Å². The fourth-order valence-corrected chi connectivity index (χ4v) is 3.02. The molecular formula is C16H20N2O2S. The largest absolute Gasteiger partial charge is 0.396 e. The normalized spacial score (nSPS) is 12.9. The highest BCUT2D eigenvalue weighted by molar-refractivity contribution is 7.90. The van der Waals surface area contributed by atoms with Crippen LogP contribution < -0.4 is 11.1 Å². The highest BCUT2D eigenvalue weighted by atomic mass is 32.2. The van der Waals surface area contributed by atoms with E-state index in [9.17, 15) is 8.42 Å². The van der Waals surface area contributed by atoms with Crippen LogP contribution in [-0.2, 0) is 9.84 Å². The molecule has 0 fully saturated rings. The van der Waals surface area contributed by atoms with E-state index >= 15 is 0 Å². The number of para-hydroxylation sites is 1. The Morgan fingerprint density at radius 2 is 1.76 bits per heavy atom. The molecule has 0 aliphatic rings. The molecule has 0 heterocycles. The number of nitrogens with one attached hydrogen (secondary N) is 1. The molecule has 0 saturated carbocycles. The Hall–Kier alpha value is -2.01. The van der Waals surface area contributed by atoms with Crippen LogP contribution in [0, 0.1) is 0 Å². The van der Waals surface area contributed by atoms with Gasteiger partial charge >= 0.3 is 0 Å². The van der Waals surface area contributed by atoms with Crippen LogP contribution in [0.3, 0.4) is 0 Å². The lowest BCUT2D eigenvalue weighted by Gasteiger charge is -2.16. The molecule has 4 nitrogen and oxygen atoms in total. The number of nitrogen functional groups attached to an aromatic ring is 1. The van der Waals surface area contributed by atoms with E-state index in [4.69, 9.17) is 5.73 Å². The smallest absolute Gasteiger partial charge is 0.177 e. The second-order valence-corrected chi connectivity index (χ2v) is 7.17. The Morgan fingerprint density at radius 3 is 2.38 bits per heavy atom. The molecular weight excluding hydrogens is 284 g/mol. The molecule has 0 aromatic heterocycles. The summed E-state index contributed by atoms with van der Waals surface area (Å²) in [5.41, 5.74) is 8.11. The van der Waals surface area contributed by atoms with Gasteiger partial charge < -0.3 is 11.1 Å². The van der Waals surface area contributed by atoms with Gasteiger partial charge in [0.25, 0.3) is 0 Å². The molecule has 0 radical (unpaired) electrons. The first kappa shape index (κ1) is 15.4. The number of hydrogen-bond acceptors (Lipinski definition) is 4. The van der Waals surface area contributed by atoms with Crippen LogP contribution in [0.15, 0.2) is 53.4 Å². The minimum atomic E-state index is -3.31. The lowest BCUT2D eigenvalue weighted by atomic mass is 10.0. The van der Waals surface area contributed by atoms with Gasteiger partial charge in [0.2, 0.25) is 0 Å². The van der Waals surface area contributed by atoms with Crippen molar-refractivity contribution in [1.29, 1.82) is 0 Å². The summed E-state index contributed by atoms with van der Waals surface area (Å²) in [6.07, 6.45) is 1.16. The van der Waals surface area contributed by atoms with E-state index in [0.29, 0.717) is 18.2 Å².